The normalized spacial score (nSPS) is 15.7. The Kier molecular flexibility index (Phi) is 5.55. The van der Waals surface area contributed by atoms with Gasteiger partial charge in [0.2, 0.25) is 0 Å². The molecule has 0 spiro atoms. The maximum atomic E-state index is 13.3. The Morgan fingerprint density at radius 3 is 2.53 bits per heavy atom. The van der Waals surface area contributed by atoms with Gasteiger partial charge >= 0.3 is 0 Å². The lowest BCUT2D eigenvalue weighted by atomic mass is 10.1. The van der Waals surface area contributed by atoms with Gasteiger partial charge in [0.1, 0.15) is 15.9 Å². The fraction of sp³-hybridized carbons (Fsp3) is 0.250. The van der Waals surface area contributed by atoms with E-state index in [4.69, 9.17) is 0 Å². The molecule has 1 aliphatic rings. The van der Waals surface area contributed by atoms with Crippen LogP contribution in [0.1, 0.15) is 28.9 Å². The summed E-state index contributed by atoms with van der Waals surface area (Å²) in [4.78, 5) is 41.8. The molecule has 7 nitrogen and oxygen atoms in total. The molecule has 1 fully saturated rings. The molecule has 1 unspecified atom stereocenters. The second kappa shape index (κ2) is 8.64. The second-order valence-corrected chi connectivity index (χ2v) is 8.75. The predicted molar refractivity (Wildman–Crippen MR) is 126 cm³/mol. The number of benzene rings is 1. The molecule has 1 amide bonds. The molecule has 0 radical (unpaired) electrons. The summed E-state index contributed by atoms with van der Waals surface area (Å²) in [6.45, 7) is 5.09. The summed E-state index contributed by atoms with van der Waals surface area (Å²) < 4.78 is 0.462. The number of hydrogen-bond donors (Lipinski definition) is 1. The number of pyridine rings is 1. The van der Waals surface area contributed by atoms with Crippen LogP contribution in [-0.4, -0.2) is 56.8 Å². The van der Waals surface area contributed by atoms with Crippen LogP contribution in [0.3, 0.4) is 0 Å². The molecule has 4 heterocycles. The summed E-state index contributed by atoms with van der Waals surface area (Å²) in [7, 11) is 0. The SMILES string of the molecule is CC(c1ccccc1)N1CCN(C(=O)c2csc3c(=O)[nH]c(-c4ccccn4)nc23)CC1. The average Bonchev–Trinajstić information content (AvgIpc) is 3.29. The number of thiophene rings is 1. The van der Waals surface area contributed by atoms with Crippen molar-refractivity contribution in [3.05, 3.63) is 81.6 Å². The highest BCUT2D eigenvalue weighted by atomic mass is 32.1. The Balaban J connectivity index is 1.36. The van der Waals surface area contributed by atoms with Gasteiger partial charge in [0.15, 0.2) is 5.82 Å². The van der Waals surface area contributed by atoms with Crippen molar-refractivity contribution in [1.29, 1.82) is 0 Å². The van der Waals surface area contributed by atoms with Gasteiger partial charge < -0.3 is 9.88 Å². The highest BCUT2D eigenvalue weighted by molar-refractivity contribution is 7.17. The Hall–Kier alpha value is -3.36. The number of carbonyl (C=O) groups is 1. The fourth-order valence-electron chi connectivity index (χ4n) is 4.13. The van der Waals surface area contributed by atoms with Crippen molar-refractivity contribution >= 4 is 27.5 Å². The molecule has 162 valence electrons. The largest absolute Gasteiger partial charge is 0.336 e. The Morgan fingerprint density at radius 2 is 1.81 bits per heavy atom. The summed E-state index contributed by atoms with van der Waals surface area (Å²) in [5, 5.41) is 1.75. The van der Waals surface area contributed by atoms with Gasteiger partial charge in [-0.1, -0.05) is 36.4 Å². The number of aromatic nitrogens is 3. The van der Waals surface area contributed by atoms with E-state index >= 15 is 0 Å². The van der Waals surface area contributed by atoms with Gasteiger partial charge in [-0.05, 0) is 24.6 Å². The number of fused-ring (bicyclic) bond motifs is 1. The molecule has 0 aliphatic carbocycles. The van der Waals surface area contributed by atoms with E-state index in [1.807, 2.05) is 17.0 Å². The van der Waals surface area contributed by atoms with E-state index in [1.54, 1.807) is 23.7 Å². The Labute approximate surface area is 189 Å². The van der Waals surface area contributed by atoms with Crippen LogP contribution in [0, 0.1) is 0 Å². The zero-order chi connectivity index (χ0) is 22.1. The molecular weight excluding hydrogens is 422 g/mol. The Bertz CT molecular complexity index is 1290. The highest BCUT2D eigenvalue weighted by Crippen LogP contribution is 2.26. The number of amides is 1. The van der Waals surface area contributed by atoms with Crippen LogP contribution >= 0.6 is 11.3 Å². The molecular formula is C24H23N5O2S. The molecule has 1 aliphatic heterocycles. The maximum Gasteiger partial charge on any atom is 0.269 e. The first-order valence-corrected chi connectivity index (χ1v) is 11.5. The van der Waals surface area contributed by atoms with Crippen molar-refractivity contribution in [1.82, 2.24) is 24.8 Å². The number of aromatic amines is 1. The number of rotatable bonds is 4. The minimum absolute atomic E-state index is 0.0756. The molecule has 32 heavy (non-hydrogen) atoms. The molecule has 4 aromatic rings. The summed E-state index contributed by atoms with van der Waals surface area (Å²) in [5.41, 5.74) is 2.53. The van der Waals surface area contributed by atoms with Gasteiger partial charge in [0.25, 0.3) is 11.5 Å². The molecule has 0 bridgehead atoms. The van der Waals surface area contributed by atoms with E-state index < -0.39 is 0 Å². The van der Waals surface area contributed by atoms with Crippen molar-refractivity contribution in [3.63, 3.8) is 0 Å². The van der Waals surface area contributed by atoms with Crippen LogP contribution in [0.25, 0.3) is 21.7 Å². The fourth-order valence-corrected chi connectivity index (χ4v) is 5.00. The van der Waals surface area contributed by atoms with Crippen LogP contribution in [-0.2, 0) is 0 Å². The maximum absolute atomic E-state index is 13.3. The average molecular weight is 446 g/mol. The van der Waals surface area contributed by atoms with Gasteiger partial charge in [0, 0.05) is 43.8 Å². The number of nitrogens with zero attached hydrogens (tertiary/aromatic N) is 4. The molecule has 1 saturated heterocycles. The standard InChI is InChI=1S/C24H23N5O2S/c1-16(17-7-3-2-4-8-17)28-11-13-29(14-12-28)24(31)18-15-32-21-20(18)26-22(27-23(21)30)19-9-5-6-10-25-19/h2-10,15-16H,11-14H2,1H3,(H,26,27,30). The monoisotopic (exact) mass is 445 g/mol. The minimum atomic E-state index is -0.249. The van der Waals surface area contributed by atoms with E-state index in [2.05, 4.69) is 51.0 Å². The van der Waals surface area contributed by atoms with E-state index in [9.17, 15) is 9.59 Å². The first kappa shape index (κ1) is 20.5. The minimum Gasteiger partial charge on any atom is -0.336 e. The predicted octanol–water partition coefficient (Wildman–Crippen LogP) is 3.57. The second-order valence-electron chi connectivity index (χ2n) is 7.87. The third kappa shape index (κ3) is 3.83. The van der Waals surface area contributed by atoms with E-state index in [0.29, 0.717) is 46.4 Å². The smallest absolute Gasteiger partial charge is 0.269 e. The quantitative estimate of drug-likeness (QED) is 0.519. The van der Waals surface area contributed by atoms with Crippen LogP contribution in [0.2, 0.25) is 0 Å². The van der Waals surface area contributed by atoms with Gasteiger partial charge in [-0.25, -0.2) is 4.98 Å². The lowest BCUT2D eigenvalue weighted by molar-refractivity contribution is 0.0584. The molecule has 3 aromatic heterocycles. The zero-order valence-corrected chi connectivity index (χ0v) is 18.5. The van der Waals surface area contributed by atoms with Crippen LogP contribution in [0.15, 0.2) is 64.9 Å². The van der Waals surface area contributed by atoms with E-state index in [-0.39, 0.29) is 11.5 Å². The van der Waals surface area contributed by atoms with Gasteiger partial charge in [-0.3, -0.25) is 19.5 Å². The number of H-pyrrole nitrogens is 1. The first-order chi connectivity index (χ1) is 15.6. The van der Waals surface area contributed by atoms with Gasteiger partial charge in [0.05, 0.1) is 5.56 Å². The van der Waals surface area contributed by atoms with Crippen LogP contribution in [0.4, 0.5) is 0 Å². The van der Waals surface area contributed by atoms with E-state index in [0.717, 1.165) is 13.1 Å². The molecule has 8 heteroatoms. The van der Waals surface area contributed by atoms with Gasteiger partial charge in [-0.15, -0.1) is 11.3 Å². The molecule has 1 atom stereocenters. The van der Waals surface area contributed by atoms with Crippen LogP contribution < -0.4 is 5.56 Å². The van der Waals surface area contributed by atoms with E-state index in [1.165, 1.54) is 16.9 Å². The van der Waals surface area contributed by atoms with Crippen molar-refractivity contribution < 1.29 is 4.79 Å². The van der Waals surface area contributed by atoms with Crippen molar-refractivity contribution in [2.24, 2.45) is 0 Å². The van der Waals surface area contributed by atoms with Gasteiger partial charge in [-0.2, -0.15) is 0 Å². The van der Waals surface area contributed by atoms with Crippen LogP contribution in [0.5, 0.6) is 0 Å². The molecule has 5 rings (SSSR count). The van der Waals surface area contributed by atoms with Crippen molar-refractivity contribution in [2.45, 2.75) is 13.0 Å². The number of hydrogen-bond acceptors (Lipinski definition) is 6. The van der Waals surface area contributed by atoms with Crippen molar-refractivity contribution in [2.75, 3.05) is 26.2 Å². The lowest BCUT2D eigenvalue weighted by Gasteiger charge is -2.38. The van der Waals surface area contributed by atoms with Crippen molar-refractivity contribution in [3.8, 4) is 11.5 Å². The lowest BCUT2D eigenvalue weighted by Crippen LogP contribution is -2.49. The Morgan fingerprint density at radius 1 is 1.06 bits per heavy atom. The molecule has 0 saturated carbocycles. The number of carbonyl (C=O) groups excluding carboxylic acids is 1. The zero-order valence-electron chi connectivity index (χ0n) is 17.7. The topological polar surface area (TPSA) is 82.2 Å². The third-order valence-corrected chi connectivity index (χ3v) is 6.96. The summed E-state index contributed by atoms with van der Waals surface area (Å²) in [6, 6.07) is 16.1. The summed E-state index contributed by atoms with van der Waals surface area (Å²) in [6.07, 6.45) is 1.65. The highest BCUT2D eigenvalue weighted by Gasteiger charge is 2.27. The number of piperazine rings is 1. The summed E-state index contributed by atoms with van der Waals surface area (Å²) in [5.74, 6) is 0.297. The molecule has 1 N–H and O–H groups in total. The number of nitrogens with one attached hydrogen (secondary N) is 1. The first-order valence-electron chi connectivity index (χ1n) is 10.6. The third-order valence-electron chi connectivity index (χ3n) is 6.00. The molecule has 1 aromatic carbocycles. The summed E-state index contributed by atoms with van der Waals surface area (Å²) >= 11 is 1.25.